The maximum Gasteiger partial charge on any atom is 0.303 e. The van der Waals surface area contributed by atoms with E-state index in [0.29, 0.717) is 5.56 Å². The predicted octanol–water partition coefficient (Wildman–Crippen LogP) is 0.400. The summed E-state index contributed by atoms with van der Waals surface area (Å²) in [5.74, 6) is -7.96. The Morgan fingerprint density at radius 2 is 1.22 bits per heavy atom. The van der Waals surface area contributed by atoms with E-state index >= 15 is 0 Å². The fourth-order valence-electron chi connectivity index (χ4n) is 4.96. The van der Waals surface area contributed by atoms with Crippen LogP contribution in [0.25, 0.3) is 0 Å². The Labute approximate surface area is 293 Å². The molecule has 18 heteroatoms. The molecule has 0 aromatic heterocycles. The highest BCUT2D eigenvalue weighted by Crippen LogP contribution is 2.29. The molecule has 1 fully saturated rings. The number of ether oxygens (including phenoxy) is 9. The van der Waals surface area contributed by atoms with E-state index in [1.807, 2.05) is 0 Å². The number of rotatable bonds is 16. The van der Waals surface area contributed by atoms with Gasteiger partial charge in [0.05, 0.1) is 6.61 Å². The zero-order valence-electron chi connectivity index (χ0n) is 29.1. The second-order valence-electron chi connectivity index (χ2n) is 11.2. The Bertz CT molecular complexity index is 1410. The van der Waals surface area contributed by atoms with E-state index in [1.165, 1.54) is 0 Å². The van der Waals surface area contributed by atoms with Crippen LogP contribution in [0.2, 0.25) is 0 Å². The number of hydrogen-bond acceptors (Lipinski definition) is 17. The maximum atomic E-state index is 14.2. The number of hydrogen-bond donors (Lipinski definition) is 1. The standard InChI is InChI=1S/C33H42NO17/c1-16-27(47-19(4)37)29(49-21(6)39)26(33(45-16)44-14-24-12-10-9-11-13-24)34-32(42)31(51-23(8)41)30(50-22(7)40)28(48-20(5)38)25(46-18(3)36)15-43-17(2)35/h9-13,16,25-31,33H,1,14-15H2,2-8H3,(H,34,42)/t16-,25-,26-,27-,28-,29-,30+,31-,33+/m1/s1. The van der Waals surface area contributed by atoms with E-state index in [9.17, 15) is 38.4 Å². The number of carbonyl (C=O) groups is 8. The summed E-state index contributed by atoms with van der Waals surface area (Å²) < 4.78 is 48.9. The van der Waals surface area contributed by atoms with Gasteiger partial charge in [0.25, 0.3) is 5.91 Å². The van der Waals surface area contributed by atoms with Crippen molar-refractivity contribution in [2.24, 2.45) is 0 Å². The van der Waals surface area contributed by atoms with Crippen LogP contribution in [-0.2, 0) is 87.6 Å². The molecule has 1 radical (unpaired) electrons. The molecule has 1 aromatic rings. The number of carbonyl (C=O) groups excluding carboxylic acids is 8. The fourth-order valence-corrected chi connectivity index (χ4v) is 4.96. The molecule has 1 heterocycles. The van der Waals surface area contributed by atoms with Gasteiger partial charge in [-0.05, 0) is 12.5 Å². The van der Waals surface area contributed by atoms with Gasteiger partial charge in [0.15, 0.2) is 36.8 Å². The van der Waals surface area contributed by atoms with Crippen molar-refractivity contribution in [3.05, 3.63) is 42.8 Å². The van der Waals surface area contributed by atoms with Crippen molar-refractivity contribution < 1.29 is 81.0 Å². The Balaban J connectivity index is 2.70. The third kappa shape index (κ3) is 14.0. The van der Waals surface area contributed by atoms with Gasteiger partial charge in [-0.3, -0.25) is 38.4 Å². The van der Waals surface area contributed by atoms with Gasteiger partial charge in [-0.15, -0.1) is 0 Å². The van der Waals surface area contributed by atoms with Crippen LogP contribution in [0.5, 0.6) is 0 Å². The minimum Gasteiger partial charge on any atom is -0.462 e. The van der Waals surface area contributed by atoms with Gasteiger partial charge in [0.1, 0.15) is 18.8 Å². The lowest BCUT2D eigenvalue weighted by atomic mass is 9.95. The number of benzene rings is 1. The number of esters is 7. The molecule has 1 amide bonds. The normalized spacial score (nSPS) is 22.0. The lowest BCUT2D eigenvalue weighted by Crippen LogP contribution is -2.67. The molecule has 0 bridgehead atoms. The monoisotopic (exact) mass is 724 g/mol. The van der Waals surface area contributed by atoms with Gasteiger partial charge in [-0.25, -0.2) is 0 Å². The molecule has 0 spiro atoms. The van der Waals surface area contributed by atoms with Gasteiger partial charge in [-0.2, -0.15) is 0 Å². The number of amides is 1. The summed E-state index contributed by atoms with van der Waals surface area (Å²) >= 11 is 0. The summed E-state index contributed by atoms with van der Waals surface area (Å²) in [5.41, 5.74) is 0.666. The largest absolute Gasteiger partial charge is 0.462 e. The van der Waals surface area contributed by atoms with Gasteiger partial charge in [0.2, 0.25) is 6.10 Å². The minimum absolute atomic E-state index is 0.103. The van der Waals surface area contributed by atoms with Crippen molar-refractivity contribution in [2.45, 2.75) is 110 Å². The number of nitrogens with one attached hydrogen (secondary N) is 1. The lowest BCUT2D eigenvalue weighted by molar-refractivity contribution is -0.266. The quantitative estimate of drug-likeness (QED) is 0.180. The Morgan fingerprint density at radius 1 is 0.686 bits per heavy atom. The molecule has 18 nitrogen and oxygen atoms in total. The maximum absolute atomic E-state index is 14.2. The predicted molar refractivity (Wildman–Crippen MR) is 167 cm³/mol. The van der Waals surface area contributed by atoms with Gasteiger partial charge in [0, 0.05) is 48.5 Å². The molecule has 1 aliphatic rings. The summed E-state index contributed by atoms with van der Waals surface area (Å²) in [7, 11) is 0. The molecule has 0 saturated carbocycles. The van der Waals surface area contributed by atoms with Crippen LogP contribution in [0.4, 0.5) is 0 Å². The first-order chi connectivity index (χ1) is 23.9. The van der Waals surface area contributed by atoms with E-state index < -0.39 is 109 Å². The third-order valence-corrected chi connectivity index (χ3v) is 6.73. The summed E-state index contributed by atoms with van der Waals surface area (Å²) in [6, 6.07) is 7.17. The van der Waals surface area contributed by atoms with E-state index in [-0.39, 0.29) is 6.61 Å². The van der Waals surface area contributed by atoms with Crippen LogP contribution < -0.4 is 5.32 Å². The van der Waals surface area contributed by atoms with E-state index in [1.54, 1.807) is 30.3 Å². The molecular formula is C33H42NO17. The van der Waals surface area contributed by atoms with E-state index in [0.717, 1.165) is 48.5 Å². The zero-order chi connectivity index (χ0) is 38.4. The highest BCUT2D eigenvalue weighted by molar-refractivity contribution is 5.85. The van der Waals surface area contributed by atoms with Crippen molar-refractivity contribution in [2.75, 3.05) is 6.61 Å². The SMILES string of the molecule is [CH2][C@H]1O[C@H](OCc2ccccc2)[C@H](NC(=O)[C@H](OC(C)=O)[C@@H](OC(C)=O)[C@H](OC(C)=O)[C@@H](COC(C)=O)OC(C)=O)[C@@H](OC(C)=O)[C@@H]1OC(C)=O. The van der Waals surface area contributed by atoms with E-state index in [4.69, 9.17) is 42.6 Å². The Kier molecular flexibility index (Phi) is 16.4. The van der Waals surface area contributed by atoms with Crippen LogP contribution in [0.15, 0.2) is 30.3 Å². The fraction of sp³-hybridized carbons (Fsp3) is 0.545. The topological polar surface area (TPSA) is 232 Å². The second-order valence-corrected chi connectivity index (χ2v) is 11.2. The molecule has 1 aromatic carbocycles. The third-order valence-electron chi connectivity index (χ3n) is 6.73. The van der Waals surface area contributed by atoms with Gasteiger partial charge >= 0.3 is 41.8 Å². The molecule has 51 heavy (non-hydrogen) atoms. The highest BCUT2D eigenvalue weighted by atomic mass is 16.7. The average Bonchev–Trinajstić information content (AvgIpc) is 3.01. The van der Waals surface area contributed by atoms with Crippen molar-refractivity contribution in [3.8, 4) is 0 Å². The van der Waals surface area contributed by atoms with Crippen LogP contribution in [0.1, 0.15) is 54.0 Å². The molecular weight excluding hydrogens is 682 g/mol. The lowest BCUT2D eigenvalue weighted by Gasteiger charge is -2.44. The summed E-state index contributed by atoms with van der Waals surface area (Å²) in [6.07, 6.45) is -13.5. The molecule has 1 aliphatic heterocycles. The van der Waals surface area contributed by atoms with Gasteiger partial charge < -0.3 is 47.9 Å². The average molecular weight is 725 g/mol. The minimum atomic E-state index is -2.21. The molecule has 0 unspecified atom stereocenters. The van der Waals surface area contributed by atoms with Gasteiger partial charge in [-0.1, -0.05) is 30.3 Å². The molecule has 281 valence electrons. The smallest absolute Gasteiger partial charge is 0.303 e. The Hall–Kier alpha value is -5.10. The second kappa shape index (κ2) is 19.9. The molecule has 9 atom stereocenters. The first kappa shape index (κ1) is 42.1. The Morgan fingerprint density at radius 3 is 1.73 bits per heavy atom. The summed E-state index contributed by atoms with van der Waals surface area (Å²) in [4.78, 5) is 99.4. The van der Waals surface area contributed by atoms with Crippen molar-refractivity contribution in [1.82, 2.24) is 5.32 Å². The summed E-state index contributed by atoms with van der Waals surface area (Å²) in [6.45, 7) is 9.89. The van der Waals surface area contributed by atoms with Crippen molar-refractivity contribution in [1.29, 1.82) is 0 Å². The highest BCUT2D eigenvalue weighted by Gasteiger charge is 2.52. The van der Waals surface area contributed by atoms with Crippen molar-refractivity contribution >= 4 is 47.7 Å². The summed E-state index contributed by atoms with van der Waals surface area (Å²) in [5, 5.41) is 2.49. The first-order valence-corrected chi connectivity index (χ1v) is 15.5. The van der Waals surface area contributed by atoms with Crippen molar-refractivity contribution in [3.63, 3.8) is 0 Å². The first-order valence-electron chi connectivity index (χ1n) is 15.5. The molecule has 2 rings (SSSR count). The molecule has 0 aliphatic carbocycles. The van der Waals surface area contributed by atoms with Crippen LogP contribution >= 0.6 is 0 Å². The molecule has 1 N–H and O–H groups in total. The molecule has 1 saturated heterocycles. The van der Waals surface area contributed by atoms with Crippen LogP contribution in [-0.4, -0.2) is 109 Å². The van der Waals surface area contributed by atoms with E-state index in [2.05, 4.69) is 12.2 Å². The zero-order valence-corrected chi connectivity index (χ0v) is 29.1. The van der Waals surface area contributed by atoms with Crippen LogP contribution in [0, 0.1) is 6.92 Å². The van der Waals surface area contributed by atoms with Crippen LogP contribution in [0.3, 0.4) is 0 Å².